The van der Waals surface area contributed by atoms with E-state index in [9.17, 15) is 18.9 Å². The number of nitrogens with zero attached hydrogens (tertiary/aromatic N) is 2. The largest absolute Gasteiger partial charge is 0.363 e. The van der Waals surface area contributed by atoms with Gasteiger partial charge in [-0.25, -0.2) is 8.78 Å². The lowest BCUT2D eigenvalue weighted by Gasteiger charge is -2.06. The van der Waals surface area contributed by atoms with Crippen LogP contribution in [-0.4, -0.2) is 9.91 Å². The maximum Gasteiger partial charge on any atom is 0.363 e. The van der Waals surface area contributed by atoms with E-state index in [1.807, 2.05) is 0 Å². The molecular formula is C8H7ClF2N2O2. The van der Waals surface area contributed by atoms with Gasteiger partial charge >= 0.3 is 5.82 Å². The average molecular weight is 237 g/mol. The van der Waals surface area contributed by atoms with Crippen LogP contribution in [-0.2, 0) is 5.88 Å². The van der Waals surface area contributed by atoms with Crippen molar-refractivity contribution in [2.24, 2.45) is 0 Å². The first kappa shape index (κ1) is 11.8. The minimum absolute atomic E-state index is 0.0471. The third-order valence-electron chi connectivity index (χ3n) is 1.87. The van der Waals surface area contributed by atoms with Crippen LogP contribution >= 0.6 is 11.6 Å². The Morgan fingerprint density at radius 3 is 2.67 bits per heavy atom. The van der Waals surface area contributed by atoms with Crippen molar-refractivity contribution in [3.05, 3.63) is 33.0 Å². The van der Waals surface area contributed by atoms with Gasteiger partial charge in [-0.1, -0.05) is 0 Å². The van der Waals surface area contributed by atoms with Crippen LogP contribution in [0.3, 0.4) is 0 Å². The van der Waals surface area contributed by atoms with Gasteiger partial charge in [0, 0.05) is 18.9 Å². The first-order valence-corrected chi connectivity index (χ1v) is 4.49. The summed E-state index contributed by atoms with van der Waals surface area (Å²) in [6.45, 7) is 1.30. The lowest BCUT2D eigenvalue weighted by Crippen LogP contribution is -2.03. The fourth-order valence-electron chi connectivity index (χ4n) is 1.23. The highest BCUT2D eigenvalue weighted by Gasteiger charge is 2.23. The topological polar surface area (TPSA) is 56.0 Å². The molecule has 0 amide bonds. The van der Waals surface area contributed by atoms with Crippen LogP contribution in [0.4, 0.5) is 14.6 Å². The molecule has 82 valence electrons. The fourth-order valence-corrected chi connectivity index (χ4v) is 1.45. The van der Waals surface area contributed by atoms with Gasteiger partial charge in [0.25, 0.3) is 6.43 Å². The summed E-state index contributed by atoms with van der Waals surface area (Å²) in [5.74, 6) is -0.670. The van der Waals surface area contributed by atoms with E-state index < -0.39 is 17.2 Å². The molecule has 0 fully saturated rings. The van der Waals surface area contributed by atoms with Crippen molar-refractivity contribution in [3.8, 4) is 0 Å². The summed E-state index contributed by atoms with van der Waals surface area (Å²) < 4.78 is 25.1. The van der Waals surface area contributed by atoms with Crippen LogP contribution in [0.1, 0.15) is 23.2 Å². The summed E-state index contributed by atoms with van der Waals surface area (Å²) in [7, 11) is 0. The molecule has 0 aromatic carbocycles. The minimum atomic E-state index is -2.73. The van der Waals surface area contributed by atoms with Crippen molar-refractivity contribution >= 4 is 17.4 Å². The van der Waals surface area contributed by atoms with Gasteiger partial charge in [0.15, 0.2) is 5.69 Å². The predicted octanol–water partition coefficient (Wildman–Crippen LogP) is 2.97. The zero-order chi connectivity index (χ0) is 11.6. The number of alkyl halides is 3. The second-order valence-electron chi connectivity index (χ2n) is 2.83. The maximum absolute atomic E-state index is 12.5. The average Bonchev–Trinajstić information content (AvgIpc) is 2.15. The molecule has 1 heterocycles. The summed E-state index contributed by atoms with van der Waals surface area (Å²) in [6, 6.07) is 0.974. The highest BCUT2D eigenvalue weighted by atomic mass is 35.5. The molecule has 0 radical (unpaired) electrons. The Hall–Kier alpha value is -1.30. The molecule has 0 aliphatic heterocycles. The molecule has 0 aliphatic carbocycles. The van der Waals surface area contributed by atoms with E-state index in [2.05, 4.69) is 4.98 Å². The third-order valence-corrected chi connectivity index (χ3v) is 2.16. The van der Waals surface area contributed by atoms with E-state index in [1.54, 1.807) is 0 Å². The molecule has 0 atom stereocenters. The third kappa shape index (κ3) is 2.38. The summed E-state index contributed by atoms with van der Waals surface area (Å²) in [5, 5.41) is 10.4. The molecule has 0 saturated carbocycles. The van der Waals surface area contributed by atoms with Gasteiger partial charge in [-0.15, -0.1) is 11.6 Å². The summed E-state index contributed by atoms with van der Waals surface area (Å²) in [5.41, 5.74) is -0.337. The summed E-state index contributed by atoms with van der Waals surface area (Å²) in [4.78, 5) is 13.1. The SMILES string of the molecule is Cc1nc([N+](=O)[O-])cc(CCl)c1C(F)F. The Labute approximate surface area is 89.0 Å². The second-order valence-corrected chi connectivity index (χ2v) is 3.10. The molecule has 7 heteroatoms. The zero-order valence-electron chi connectivity index (χ0n) is 7.71. The van der Waals surface area contributed by atoms with Crippen LogP contribution in [0, 0.1) is 17.0 Å². The van der Waals surface area contributed by atoms with Crippen molar-refractivity contribution < 1.29 is 13.7 Å². The molecule has 1 rings (SSSR count). The van der Waals surface area contributed by atoms with Crippen LogP contribution in [0.25, 0.3) is 0 Å². The quantitative estimate of drug-likeness (QED) is 0.461. The number of aromatic nitrogens is 1. The number of halogens is 3. The Morgan fingerprint density at radius 2 is 2.27 bits per heavy atom. The van der Waals surface area contributed by atoms with Gasteiger partial charge in [0.1, 0.15) is 0 Å². The Kier molecular flexibility index (Phi) is 3.52. The number of hydrogen-bond donors (Lipinski definition) is 0. The molecule has 15 heavy (non-hydrogen) atoms. The smallest absolute Gasteiger partial charge is 0.358 e. The van der Waals surface area contributed by atoms with Crippen LogP contribution < -0.4 is 0 Å². The molecule has 0 aliphatic rings. The molecule has 0 saturated heterocycles. The van der Waals surface area contributed by atoms with Gasteiger partial charge in [0.2, 0.25) is 0 Å². The summed E-state index contributed by atoms with van der Waals surface area (Å²) in [6.07, 6.45) is -2.73. The Bertz CT molecular complexity index is 398. The van der Waals surface area contributed by atoms with Crippen LogP contribution in [0.5, 0.6) is 0 Å². The molecule has 1 aromatic heterocycles. The van der Waals surface area contributed by atoms with E-state index in [-0.39, 0.29) is 22.7 Å². The van der Waals surface area contributed by atoms with Crippen molar-refractivity contribution in [2.75, 3.05) is 0 Å². The molecule has 0 N–H and O–H groups in total. The van der Waals surface area contributed by atoms with Crippen LogP contribution in [0.15, 0.2) is 6.07 Å². The van der Waals surface area contributed by atoms with E-state index in [1.165, 1.54) is 6.92 Å². The minimum Gasteiger partial charge on any atom is -0.358 e. The number of aryl methyl sites for hydroxylation is 1. The van der Waals surface area contributed by atoms with E-state index >= 15 is 0 Å². The number of pyridine rings is 1. The molecule has 1 aromatic rings. The highest BCUT2D eigenvalue weighted by molar-refractivity contribution is 6.17. The first-order valence-electron chi connectivity index (χ1n) is 3.96. The van der Waals surface area contributed by atoms with Crippen molar-refractivity contribution in [1.29, 1.82) is 0 Å². The van der Waals surface area contributed by atoms with Gasteiger partial charge in [-0.2, -0.15) is 0 Å². The normalized spacial score (nSPS) is 10.7. The van der Waals surface area contributed by atoms with Gasteiger partial charge in [-0.3, -0.25) is 0 Å². The molecule has 0 unspecified atom stereocenters. The van der Waals surface area contributed by atoms with E-state index in [0.717, 1.165) is 6.07 Å². The maximum atomic E-state index is 12.5. The second kappa shape index (κ2) is 4.48. The first-order chi connectivity index (χ1) is 6.97. The molecular weight excluding hydrogens is 230 g/mol. The molecule has 0 bridgehead atoms. The van der Waals surface area contributed by atoms with Crippen molar-refractivity contribution in [1.82, 2.24) is 4.98 Å². The molecule has 4 nitrogen and oxygen atoms in total. The predicted molar refractivity (Wildman–Crippen MR) is 50.1 cm³/mol. The lowest BCUT2D eigenvalue weighted by atomic mass is 10.1. The number of nitro groups is 1. The molecule has 0 spiro atoms. The fraction of sp³-hybridized carbons (Fsp3) is 0.375. The number of rotatable bonds is 3. The zero-order valence-corrected chi connectivity index (χ0v) is 8.46. The number of hydrogen-bond acceptors (Lipinski definition) is 3. The van der Waals surface area contributed by atoms with Gasteiger partial charge in [0.05, 0.1) is 5.56 Å². The Morgan fingerprint density at radius 1 is 1.67 bits per heavy atom. The Balaban J connectivity index is 3.37. The monoisotopic (exact) mass is 236 g/mol. The lowest BCUT2D eigenvalue weighted by molar-refractivity contribution is -0.389. The summed E-state index contributed by atoms with van der Waals surface area (Å²) >= 11 is 5.44. The van der Waals surface area contributed by atoms with E-state index in [4.69, 9.17) is 11.6 Å². The highest BCUT2D eigenvalue weighted by Crippen LogP contribution is 2.28. The van der Waals surface area contributed by atoms with Crippen LogP contribution in [0.2, 0.25) is 0 Å². The van der Waals surface area contributed by atoms with Gasteiger partial charge in [-0.05, 0) is 15.5 Å². The standard InChI is InChI=1S/C8H7ClF2N2O2/c1-4-7(8(10)11)5(3-9)2-6(12-4)13(14)15/h2,8H,3H2,1H3. The van der Waals surface area contributed by atoms with Crippen molar-refractivity contribution in [2.45, 2.75) is 19.2 Å². The van der Waals surface area contributed by atoms with Gasteiger partial charge < -0.3 is 10.1 Å². The van der Waals surface area contributed by atoms with E-state index in [0.29, 0.717) is 0 Å². The van der Waals surface area contributed by atoms with Crippen molar-refractivity contribution in [3.63, 3.8) is 0 Å².